The van der Waals surface area contributed by atoms with Crippen LogP contribution in [0.1, 0.15) is 56.6 Å². The van der Waals surface area contributed by atoms with Gasteiger partial charge in [0.2, 0.25) is 0 Å². The largest absolute Gasteiger partial charge is 0.493 e. The van der Waals surface area contributed by atoms with Gasteiger partial charge in [-0.2, -0.15) is 0 Å². The van der Waals surface area contributed by atoms with E-state index in [0.717, 1.165) is 42.0 Å². The molecule has 2 aliphatic rings. The number of hydrogen-bond donors (Lipinski definition) is 0. The molecule has 1 aliphatic carbocycles. The van der Waals surface area contributed by atoms with Crippen molar-refractivity contribution in [3.63, 3.8) is 0 Å². The maximum absolute atomic E-state index is 12.4. The number of esters is 1. The number of ketones is 1. The second-order valence-corrected chi connectivity index (χ2v) is 6.81. The number of ether oxygens (including phenoxy) is 2. The van der Waals surface area contributed by atoms with Gasteiger partial charge in [-0.25, -0.2) is 4.79 Å². The van der Waals surface area contributed by atoms with Crippen LogP contribution in [0.4, 0.5) is 0 Å². The number of carbonyl (C=O) groups excluding carboxylic acids is 2. The van der Waals surface area contributed by atoms with Crippen molar-refractivity contribution in [1.29, 1.82) is 0 Å². The van der Waals surface area contributed by atoms with Gasteiger partial charge < -0.3 is 14.0 Å². The van der Waals surface area contributed by atoms with Crippen LogP contribution < -0.4 is 4.74 Å². The van der Waals surface area contributed by atoms with Gasteiger partial charge >= 0.3 is 5.97 Å². The van der Waals surface area contributed by atoms with Crippen LogP contribution >= 0.6 is 0 Å². The Balaban J connectivity index is 1.43. The first-order chi connectivity index (χ1) is 12.0. The standard InChI is InChI=1S/C20H21NO4/c1-12-9-17(13(2)21(12)16-4-5-16)20(23)25-11-18(22)14-3-6-19-15(10-14)7-8-24-19/h3,6,9-10,16H,4-5,7-8,11H2,1-2H3. The molecule has 5 nitrogen and oxygen atoms in total. The van der Waals surface area contributed by atoms with Gasteiger partial charge in [-0.15, -0.1) is 0 Å². The summed E-state index contributed by atoms with van der Waals surface area (Å²) in [6, 6.07) is 7.72. The van der Waals surface area contributed by atoms with E-state index in [-0.39, 0.29) is 12.4 Å². The highest BCUT2D eigenvalue weighted by atomic mass is 16.5. The predicted octanol–water partition coefficient (Wildman–Crippen LogP) is 3.41. The molecular formula is C20H21NO4. The summed E-state index contributed by atoms with van der Waals surface area (Å²) in [6.07, 6.45) is 3.13. The molecule has 5 heteroatoms. The van der Waals surface area contributed by atoms with E-state index in [1.54, 1.807) is 12.1 Å². The van der Waals surface area contributed by atoms with Crippen LogP contribution in [-0.4, -0.2) is 29.5 Å². The molecule has 0 spiro atoms. The summed E-state index contributed by atoms with van der Waals surface area (Å²) in [4.78, 5) is 24.7. The lowest BCUT2D eigenvalue weighted by molar-refractivity contribution is 0.0474. The molecule has 0 N–H and O–H groups in total. The zero-order valence-electron chi connectivity index (χ0n) is 14.5. The molecule has 0 bridgehead atoms. The van der Waals surface area contributed by atoms with E-state index in [1.807, 2.05) is 26.0 Å². The number of Topliss-reactive ketones (excluding diaryl/α,β-unsaturated/α-hetero) is 1. The Labute approximate surface area is 146 Å². The van der Waals surface area contributed by atoms with Crippen LogP contribution in [0.5, 0.6) is 5.75 Å². The first-order valence-electron chi connectivity index (χ1n) is 8.69. The van der Waals surface area contributed by atoms with Crippen LogP contribution in [0.15, 0.2) is 24.3 Å². The zero-order valence-corrected chi connectivity index (χ0v) is 14.5. The van der Waals surface area contributed by atoms with Crippen LogP contribution in [0, 0.1) is 13.8 Å². The average Bonchev–Trinajstić information content (AvgIpc) is 3.23. The van der Waals surface area contributed by atoms with Gasteiger partial charge in [0.05, 0.1) is 12.2 Å². The second-order valence-electron chi connectivity index (χ2n) is 6.81. The number of hydrogen-bond acceptors (Lipinski definition) is 4. The number of aryl methyl sites for hydroxylation is 1. The van der Waals surface area contributed by atoms with Crippen molar-refractivity contribution in [3.8, 4) is 5.75 Å². The lowest BCUT2D eigenvalue weighted by Crippen LogP contribution is -2.15. The molecule has 130 valence electrons. The van der Waals surface area contributed by atoms with Crippen molar-refractivity contribution in [1.82, 2.24) is 4.57 Å². The molecule has 0 radical (unpaired) electrons. The summed E-state index contributed by atoms with van der Waals surface area (Å²) in [5.41, 5.74) is 4.13. The molecule has 0 saturated heterocycles. The van der Waals surface area contributed by atoms with Crippen molar-refractivity contribution in [2.75, 3.05) is 13.2 Å². The highest BCUT2D eigenvalue weighted by Crippen LogP contribution is 2.38. The van der Waals surface area contributed by atoms with Crippen molar-refractivity contribution < 1.29 is 19.1 Å². The number of fused-ring (bicyclic) bond motifs is 1. The normalized spacial score (nSPS) is 15.6. The Morgan fingerprint density at radius 2 is 2.04 bits per heavy atom. The van der Waals surface area contributed by atoms with Crippen molar-refractivity contribution in [3.05, 3.63) is 52.3 Å². The van der Waals surface area contributed by atoms with Gasteiger partial charge in [0.25, 0.3) is 0 Å². The van der Waals surface area contributed by atoms with Crippen LogP contribution in [0.2, 0.25) is 0 Å². The Morgan fingerprint density at radius 3 is 2.80 bits per heavy atom. The highest BCUT2D eigenvalue weighted by Gasteiger charge is 2.29. The third-order valence-corrected chi connectivity index (χ3v) is 4.96. The number of rotatable bonds is 5. The molecule has 4 rings (SSSR count). The summed E-state index contributed by atoms with van der Waals surface area (Å²) < 4.78 is 12.9. The molecule has 1 aromatic heterocycles. The summed E-state index contributed by atoms with van der Waals surface area (Å²) in [5, 5.41) is 0. The smallest absolute Gasteiger partial charge is 0.340 e. The molecule has 1 aliphatic heterocycles. The van der Waals surface area contributed by atoms with Gasteiger partial charge in [-0.05, 0) is 56.5 Å². The molecule has 0 amide bonds. The van der Waals surface area contributed by atoms with E-state index in [2.05, 4.69) is 4.57 Å². The molecule has 0 unspecified atom stereocenters. The average molecular weight is 339 g/mol. The lowest BCUT2D eigenvalue weighted by Gasteiger charge is -2.08. The van der Waals surface area contributed by atoms with E-state index < -0.39 is 5.97 Å². The topological polar surface area (TPSA) is 57.5 Å². The Kier molecular flexibility index (Phi) is 3.86. The SMILES string of the molecule is Cc1cc(C(=O)OCC(=O)c2ccc3c(c2)CCO3)c(C)n1C1CC1. The fourth-order valence-electron chi connectivity index (χ4n) is 3.53. The molecule has 1 fully saturated rings. The van der Waals surface area contributed by atoms with Crippen LogP contribution in [0.25, 0.3) is 0 Å². The molecule has 2 aromatic rings. The van der Waals surface area contributed by atoms with Gasteiger partial charge in [0.15, 0.2) is 12.4 Å². The van der Waals surface area contributed by atoms with E-state index >= 15 is 0 Å². The maximum Gasteiger partial charge on any atom is 0.340 e. The number of nitrogens with zero attached hydrogens (tertiary/aromatic N) is 1. The summed E-state index contributed by atoms with van der Waals surface area (Å²) in [6.45, 7) is 4.34. The fraction of sp³-hybridized carbons (Fsp3) is 0.400. The number of benzene rings is 1. The van der Waals surface area contributed by atoms with Gasteiger partial charge in [0, 0.05) is 29.4 Å². The molecular weight excluding hydrogens is 318 g/mol. The Hall–Kier alpha value is -2.56. The van der Waals surface area contributed by atoms with E-state index in [4.69, 9.17) is 9.47 Å². The number of carbonyl (C=O) groups is 2. The minimum atomic E-state index is -0.433. The van der Waals surface area contributed by atoms with Gasteiger partial charge in [-0.3, -0.25) is 4.79 Å². The van der Waals surface area contributed by atoms with Gasteiger partial charge in [0.1, 0.15) is 5.75 Å². The maximum atomic E-state index is 12.4. The van der Waals surface area contributed by atoms with Crippen molar-refractivity contribution in [2.24, 2.45) is 0 Å². The molecule has 0 atom stereocenters. The van der Waals surface area contributed by atoms with Crippen LogP contribution in [-0.2, 0) is 11.2 Å². The van der Waals surface area contributed by atoms with Gasteiger partial charge in [-0.1, -0.05) is 0 Å². The minimum absolute atomic E-state index is 0.195. The predicted molar refractivity (Wildman–Crippen MR) is 92.4 cm³/mol. The van der Waals surface area contributed by atoms with Crippen LogP contribution in [0.3, 0.4) is 0 Å². The summed E-state index contributed by atoms with van der Waals surface area (Å²) in [7, 11) is 0. The number of aromatic nitrogens is 1. The first-order valence-corrected chi connectivity index (χ1v) is 8.69. The first kappa shape index (κ1) is 15.9. The molecule has 2 heterocycles. The second kappa shape index (κ2) is 6.06. The molecule has 1 aromatic carbocycles. The molecule has 1 saturated carbocycles. The monoisotopic (exact) mass is 339 g/mol. The zero-order chi connectivity index (χ0) is 17.6. The quantitative estimate of drug-likeness (QED) is 0.619. The van der Waals surface area contributed by atoms with E-state index in [9.17, 15) is 9.59 Å². The Bertz CT molecular complexity index is 861. The third kappa shape index (κ3) is 2.95. The lowest BCUT2D eigenvalue weighted by atomic mass is 10.1. The molecule has 25 heavy (non-hydrogen) atoms. The fourth-order valence-corrected chi connectivity index (χ4v) is 3.53. The minimum Gasteiger partial charge on any atom is -0.493 e. The van der Waals surface area contributed by atoms with E-state index in [0.29, 0.717) is 23.8 Å². The summed E-state index contributed by atoms with van der Waals surface area (Å²) >= 11 is 0. The van der Waals surface area contributed by atoms with Crippen molar-refractivity contribution in [2.45, 2.75) is 39.2 Å². The van der Waals surface area contributed by atoms with Crippen molar-refractivity contribution >= 4 is 11.8 Å². The van der Waals surface area contributed by atoms with E-state index in [1.165, 1.54) is 0 Å². The Morgan fingerprint density at radius 1 is 1.24 bits per heavy atom. The summed E-state index contributed by atoms with van der Waals surface area (Å²) in [5.74, 6) is 0.206. The third-order valence-electron chi connectivity index (χ3n) is 4.96. The highest BCUT2D eigenvalue weighted by molar-refractivity contribution is 6.00.